The summed E-state index contributed by atoms with van der Waals surface area (Å²) in [4.78, 5) is 18.9. The van der Waals surface area contributed by atoms with E-state index in [-0.39, 0.29) is 11.6 Å². The Morgan fingerprint density at radius 2 is 1.81 bits per heavy atom. The number of carbonyl (C=O) groups is 1. The molecule has 0 bridgehead atoms. The SMILES string of the molecule is O=C(NC(CN1CCCC1)C(O)c1ccc2c(c1)OCCO2)C(F)(F)c1csc(-c2ccc(F)cc2)n1. The molecule has 196 valence electrons. The Morgan fingerprint density at radius 1 is 1.11 bits per heavy atom. The number of aliphatic hydroxyl groups is 1. The highest BCUT2D eigenvalue weighted by molar-refractivity contribution is 7.13. The van der Waals surface area contributed by atoms with Crippen molar-refractivity contribution in [1.29, 1.82) is 0 Å². The Labute approximate surface area is 215 Å². The van der Waals surface area contributed by atoms with Crippen molar-refractivity contribution < 1.29 is 32.5 Å². The van der Waals surface area contributed by atoms with E-state index in [1.54, 1.807) is 18.2 Å². The molecule has 1 saturated heterocycles. The van der Waals surface area contributed by atoms with Gasteiger partial charge in [-0.25, -0.2) is 9.37 Å². The van der Waals surface area contributed by atoms with Gasteiger partial charge < -0.3 is 24.8 Å². The predicted molar refractivity (Wildman–Crippen MR) is 131 cm³/mol. The predicted octanol–water partition coefficient (Wildman–Crippen LogP) is 4.13. The monoisotopic (exact) mass is 533 g/mol. The Bertz CT molecular complexity index is 1250. The molecule has 2 aromatic carbocycles. The van der Waals surface area contributed by atoms with Crippen molar-refractivity contribution in [2.24, 2.45) is 0 Å². The number of ether oxygens (including phenoxy) is 2. The van der Waals surface area contributed by atoms with Crippen LogP contribution in [0.25, 0.3) is 10.6 Å². The van der Waals surface area contributed by atoms with Crippen molar-refractivity contribution in [2.75, 3.05) is 32.8 Å². The molecule has 0 spiro atoms. The first-order valence-corrected chi connectivity index (χ1v) is 12.9. The molecular weight excluding hydrogens is 507 g/mol. The minimum absolute atomic E-state index is 0.204. The Morgan fingerprint density at radius 3 is 2.54 bits per heavy atom. The summed E-state index contributed by atoms with van der Waals surface area (Å²) in [6.07, 6.45) is 0.658. The third-order valence-electron chi connectivity index (χ3n) is 6.46. The lowest BCUT2D eigenvalue weighted by Crippen LogP contribution is -2.51. The van der Waals surface area contributed by atoms with Gasteiger partial charge in [-0.1, -0.05) is 6.07 Å². The van der Waals surface area contributed by atoms with Crippen LogP contribution in [-0.2, 0) is 10.7 Å². The third kappa shape index (κ3) is 5.58. The summed E-state index contributed by atoms with van der Waals surface area (Å²) in [5.41, 5.74) is 0.183. The molecule has 2 N–H and O–H groups in total. The number of hydrogen-bond donors (Lipinski definition) is 2. The van der Waals surface area contributed by atoms with E-state index in [4.69, 9.17) is 9.47 Å². The Balaban J connectivity index is 1.36. The maximum atomic E-state index is 15.2. The van der Waals surface area contributed by atoms with Crippen molar-refractivity contribution in [1.82, 2.24) is 15.2 Å². The Hall–Kier alpha value is -3.15. The summed E-state index contributed by atoms with van der Waals surface area (Å²) in [6, 6.07) is 9.19. The molecule has 0 radical (unpaired) electrons. The molecule has 7 nitrogen and oxygen atoms in total. The van der Waals surface area contributed by atoms with Gasteiger partial charge in [0.25, 0.3) is 5.91 Å². The van der Waals surface area contributed by atoms with E-state index in [1.165, 1.54) is 24.3 Å². The number of fused-ring (bicyclic) bond motifs is 1. The summed E-state index contributed by atoms with van der Waals surface area (Å²) in [5.74, 6) is -4.95. The third-order valence-corrected chi connectivity index (χ3v) is 7.35. The zero-order chi connectivity index (χ0) is 26.0. The van der Waals surface area contributed by atoms with E-state index < -0.39 is 35.5 Å². The number of halogens is 3. The number of likely N-dealkylation sites (tertiary alicyclic amines) is 1. The molecular formula is C26H26F3N3O4S. The molecule has 0 saturated carbocycles. The largest absolute Gasteiger partial charge is 0.486 e. The molecule has 3 aromatic rings. The van der Waals surface area contributed by atoms with Crippen LogP contribution in [0.4, 0.5) is 13.2 Å². The first kappa shape index (κ1) is 25.5. The summed E-state index contributed by atoms with van der Waals surface area (Å²) in [6.45, 7) is 2.49. The van der Waals surface area contributed by atoms with Crippen LogP contribution in [0.1, 0.15) is 30.2 Å². The number of hydrogen-bond acceptors (Lipinski definition) is 7. The number of benzene rings is 2. The van der Waals surface area contributed by atoms with E-state index in [9.17, 15) is 14.3 Å². The lowest BCUT2D eigenvalue weighted by atomic mass is 10.0. The van der Waals surface area contributed by atoms with Crippen LogP contribution in [0.2, 0.25) is 0 Å². The number of rotatable bonds is 8. The van der Waals surface area contributed by atoms with Crippen LogP contribution in [0.15, 0.2) is 47.8 Å². The van der Waals surface area contributed by atoms with Crippen LogP contribution in [0.3, 0.4) is 0 Å². The van der Waals surface area contributed by atoms with Gasteiger partial charge in [-0.05, 0) is 67.9 Å². The molecule has 1 fully saturated rings. The zero-order valence-corrected chi connectivity index (χ0v) is 20.6. The van der Waals surface area contributed by atoms with Gasteiger partial charge in [0.15, 0.2) is 11.5 Å². The molecule has 5 rings (SSSR count). The molecule has 1 amide bonds. The number of amides is 1. The van der Waals surface area contributed by atoms with Crippen LogP contribution in [0.5, 0.6) is 11.5 Å². The summed E-state index contributed by atoms with van der Waals surface area (Å²) < 4.78 is 54.8. The summed E-state index contributed by atoms with van der Waals surface area (Å²) in [5, 5.41) is 14.9. The molecule has 11 heteroatoms. The molecule has 2 unspecified atom stereocenters. The number of aliphatic hydroxyl groups excluding tert-OH is 1. The molecule has 2 aliphatic rings. The van der Waals surface area contributed by atoms with E-state index >= 15 is 8.78 Å². The first-order chi connectivity index (χ1) is 17.8. The Kier molecular flexibility index (Phi) is 7.36. The first-order valence-electron chi connectivity index (χ1n) is 12.0. The second-order valence-corrected chi connectivity index (χ2v) is 9.91. The number of carbonyl (C=O) groups excluding carboxylic acids is 1. The average molecular weight is 534 g/mol. The minimum Gasteiger partial charge on any atom is -0.486 e. The molecule has 0 aliphatic carbocycles. The van der Waals surface area contributed by atoms with E-state index in [1.807, 2.05) is 4.90 Å². The lowest BCUT2D eigenvalue weighted by molar-refractivity contribution is -0.149. The van der Waals surface area contributed by atoms with Crippen LogP contribution in [-0.4, -0.2) is 59.8 Å². The van der Waals surface area contributed by atoms with Gasteiger partial charge in [0, 0.05) is 17.5 Å². The quantitative estimate of drug-likeness (QED) is 0.453. The lowest BCUT2D eigenvalue weighted by Gasteiger charge is -2.30. The van der Waals surface area contributed by atoms with Crippen molar-refractivity contribution in [3.05, 3.63) is 64.9 Å². The standard InChI is InChI=1S/C26H26F3N3O4S/c27-18-6-3-16(4-7-18)24-31-22(15-37-24)26(28,29)25(34)30-19(14-32-9-1-2-10-32)23(33)17-5-8-20-21(13-17)36-12-11-35-20/h3-8,13,15,19,23,33H,1-2,9-12,14H2,(H,30,34). The fourth-order valence-corrected chi connectivity index (χ4v) is 5.31. The molecule has 2 aliphatic heterocycles. The smallest absolute Gasteiger partial charge is 0.366 e. The zero-order valence-electron chi connectivity index (χ0n) is 19.8. The second kappa shape index (κ2) is 10.7. The van der Waals surface area contributed by atoms with Crippen LogP contribution >= 0.6 is 11.3 Å². The molecule has 3 heterocycles. The van der Waals surface area contributed by atoms with Gasteiger partial charge in [0.2, 0.25) is 0 Å². The maximum Gasteiger partial charge on any atom is 0.366 e. The van der Waals surface area contributed by atoms with E-state index in [0.717, 1.165) is 42.6 Å². The van der Waals surface area contributed by atoms with Crippen molar-refractivity contribution in [2.45, 2.75) is 30.9 Å². The van der Waals surface area contributed by atoms with Gasteiger partial charge in [0.05, 0.1) is 6.04 Å². The normalized spacial score (nSPS) is 17.4. The number of thiazole rings is 1. The molecule has 37 heavy (non-hydrogen) atoms. The second-order valence-electron chi connectivity index (χ2n) is 9.05. The van der Waals surface area contributed by atoms with Crippen molar-refractivity contribution >= 4 is 17.2 Å². The van der Waals surface area contributed by atoms with Crippen LogP contribution < -0.4 is 14.8 Å². The average Bonchev–Trinajstić information content (AvgIpc) is 3.61. The number of nitrogens with one attached hydrogen (secondary N) is 1. The summed E-state index contributed by atoms with van der Waals surface area (Å²) in [7, 11) is 0. The molecule has 2 atom stereocenters. The molecule has 1 aromatic heterocycles. The van der Waals surface area contributed by atoms with Crippen LogP contribution in [0, 0.1) is 5.82 Å². The number of alkyl halides is 2. The number of nitrogens with zero attached hydrogens (tertiary/aromatic N) is 2. The minimum atomic E-state index is -3.94. The van der Waals surface area contributed by atoms with Gasteiger partial charge in [0.1, 0.15) is 35.8 Å². The summed E-state index contributed by atoms with van der Waals surface area (Å²) >= 11 is 0.937. The van der Waals surface area contributed by atoms with Gasteiger partial charge in [-0.15, -0.1) is 11.3 Å². The fourth-order valence-electron chi connectivity index (χ4n) is 4.46. The highest BCUT2D eigenvalue weighted by Gasteiger charge is 2.45. The van der Waals surface area contributed by atoms with Crippen molar-refractivity contribution in [3.8, 4) is 22.1 Å². The highest BCUT2D eigenvalue weighted by atomic mass is 32.1. The fraction of sp³-hybridized carbons (Fsp3) is 0.385. The highest BCUT2D eigenvalue weighted by Crippen LogP contribution is 2.35. The number of aromatic nitrogens is 1. The topological polar surface area (TPSA) is 83.9 Å². The van der Waals surface area contributed by atoms with Gasteiger partial charge in [-0.3, -0.25) is 4.79 Å². The van der Waals surface area contributed by atoms with Gasteiger partial charge in [-0.2, -0.15) is 8.78 Å². The van der Waals surface area contributed by atoms with Gasteiger partial charge >= 0.3 is 5.92 Å². The van der Waals surface area contributed by atoms with E-state index in [2.05, 4.69) is 10.3 Å². The van der Waals surface area contributed by atoms with Crippen molar-refractivity contribution in [3.63, 3.8) is 0 Å². The maximum absolute atomic E-state index is 15.2. The van der Waals surface area contributed by atoms with E-state index in [0.29, 0.717) is 35.8 Å².